The summed E-state index contributed by atoms with van der Waals surface area (Å²) in [6.45, 7) is 5.69. The van der Waals surface area contributed by atoms with Gasteiger partial charge in [-0.2, -0.15) is 12.6 Å². The first kappa shape index (κ1) is 16.7. The topological polar surface area (TPSA) is 49.3 Å². The number of nitrogens with zero attached hydrogens (tertiary/aromatic N) is 4. The van der Waals surface area contributed by atoms with E-state index >= 15 is 0 Å². The van der Waals surface area contributed by atoms with Crippen molar-refractivity contribution < 1.29 is 4.79 Å². The molecule has 0 aliphatic carbocycles. The number of thiol groups is 1. The standard InChI is InChI=1S/C17H26N4OS/c22-13-15-11-18-17(19-12-15)21-9-2-14(3-10-21)1-6-20-7-4-16(23)5-8-20/h11-14,16,23H,1-10H2. The van der Waals surface area contributed by atoms with Gasteiger partial charge < -0.3 is 9.80 Å². The van der Waals surface area contributed by atoms with Crippen molar-refractivity contribution in [2.75, 3.05) is 37.6 Å². The van der Waals surface area contributed by atoms with Crippen molar-refractivity contribution in [3.63, 3.8) is 0 Å². The monoisotopic (exact) mass is 334 g/mol. The van der Waals surface area contributed by atoms with Gasteiger partial charge in [0.15, 0.2) is 6.29 Å². The summed E-state index contributed by atoms with van der Waals surface area (Å²) in [7, 11) is 0. The van der Waals surface area contributed by atoms with E-state index in [-0.39, 0.29) is 0 Å². The van der Waals surface area contributed by atoms with Crippen molar-refractivity contribution in [1.29, 1.82) is 0 Å². The highest BCUT2D eigenvalue weighted by atomic mass is 32.1. The third kappa shape index (κ3) is 4.67. The molecule has 0 saturated carbocycles. The van der Waals surface area contributed by atoms with Gasteiger partial charge >= 0.3 is 0 Å². The van der Waals surface area contributed by atoms with Crippen LogP contribution in [0.3, 0.4) is 0 Å². The molecule has 1 aromatic heterocycles. The lowest BCUT2D eigenvalue weighted by Gasteiger charge is -2.34. The Kier molecular flexibility index (Phi) is 5.89. The van der Waals surface area contributed by atoms with E-state index in [9.17, 15) is 4.79 Å². The molecule has 0 atom stereocenters. The molecule has 0 radical (unpaired) electrons. The van der Waals surface area contributed by atoms with Gasteiger partial charge in [0, 0.05) is 30.7 Å². The summed E-state index contributed by atoms with van der Waals surface area (Å²) < 4.78 is 0. The normalized spacial score (nSPS) is 21.5. The molecule has 1 aromatic rings. The van der Waals surface area contributed by atoms with Gasteiger partial charge in [-0.1, -0.05) is 0 Å². The van der Waals surface area contributed by atoms with Crippen molar-refractivity contribution in [2.24, 2.45) is 5.92 Å². The van der Waals surface area contributed by atoms with Crippen LogP contribution in [0.1, 0.15) is 42.5 Å². The van der Waals surface area contributed by atoms with Crippen LogP contribution in [0, 0.1) is 5.92 Å². The minimum atomic E-state index is 0.536. The van der Waals surface area contributed by atoms with Gasteiger partial charge in [0.25, 0.3) is 0 Å². The number of anilines is 1. The lowest BCUT2D eigenvalue weighted by atomic mass is 9.93. The molecule has 2 saturated heterocycles. The van der Waals surface area contributed by atoms with Crippen LogP contribution in [-0.2, 0) is 0 Å². The minimum absolute atomic E-state index is 0.536. The van der Waals surface area contributed by atoms with Gasteiger partial charge in [0.2, 0.25) is 5.95 Å². The van der Waals surface area contributed by atoms with Gasteiger partial charge in [-0.25, -0.2) is 9.97 Å². The molecule has 0 bridgehead atoms. The first-order valence-electron chi connectivity index (χ1n) is 8.67. The summed E-state index contributed by atoms with van der Waals surface area (Å²) in [5.74, 6) is 1.57. The Hall–Kier alpha value is -1.14. The van der Waals surface area contributed by atoms with Crippen LogP contribution in [-0.4, -0.2) is 59.1 Å². The molecule has 126 valence electrons. The second-order valence-corrected chi connectivity index (χ2v) is 7.46. The van der Waals surface area contributed by atoms with Gasteiger partial charge in [0.05, 0.1) is 5.56 Å². The van der Waals surface area contributed by atoms with Crippen molar-refractivity contribution >= 4 is 24.9 Å². The molecule has 0 unspecified atom stereocenters. The van der Waals surface area contributed by atoms with E-state index < -0.39 is 0 Å². The number of piperidine rings is 2. The summed E-state index contributed by atoms with van der Waals surface area (Å²) in [4.78, 5) is 24.1. The predicted octanol–water partition coefficient (Wildman–Crippen LogP) is 2.29. The minimum Gasteiger partial charge on any atom is -0.341 e. The molecular formula is C17H26N4OS. The fourth-order valence-corrected chi connectivity index (χ4v) is 3.72. The van der Waals surface area contributed by atoms with E-state index in [2.05, 4.69) is 32.4 Å². The van der Waals surface area contributed by atoms with Gasteiger partial charge in [-0.15, -0.1) is 0 Å². The number of likely N-dealkylation sites (tertiary alicyclic amines) is 1. The van der Waals surface area contributed by atoms with Crippen LogP contribution in [0.4, 0.5) is 5.95 Å². The van der Waals surface area contributed by atoms with Crippen LogP contribution < -0.4 is 4.90 Å². The van der Waals surface area contributed by atoms with Crippen molar-refractivity contribution in [3.8, 4) is 0 Å². The number of rotatable bonds is 5. The Morgan fingerprint density at radius 3 is 2.35 bits per heavy atom. The van der Waals surface area contributed by atoms with Gasteiger partial charge in [-0.05, 0) is 57.7 Å². The zero-order valence-electron chi connectivity index (χ0n) is 13.6. The molecule has 0 amide bonds. The molecule has 0 spiro atoms. The van der Waals surface area contributed by atoms with Gasteiger partial charge in [0.1, 0.15) is 0 Å². The number of hydrogen-bond acceptors (Lipinski definition) is 6. The highest BCUT2D eigenvalue weighted by molar-refractivity contribution is 7.80. The highest BCUT2D eigenvalue weighted by Gasteiger charge is 2.22. The van der Waals surface area contributed by atoms with Crippen LogP contribution in [0.2, 0.25) is 0 Å². The molecule has 3 rings (SSSR count). The second kappa shape index (κ2) is 8.11. The third-order valence-electron chi connectivity index (χ3n) is 5.10. The Balaban J connectivity index is 1.40. The number of aldehydes is 1. The van der Waals surface area contributed by atoms with Crippen LogP contribution >= 0.6 is 12.6 Å². The molecule has 0 aromatic carbocycles. The van der Waals surface area contributed by atoms with E-state index in [0.29, 0.717) is 10.8 Å². The van der Waals surface area contributed by atoms with Crippen molar-refractivity contribution in [1.82, 2.24) is 14.9 Å². The maximum Gasteiger partial charge on any atom is 0.225 e. The lowest BCUT2D eigenvalue weighted by molar-refractivity contribution is 0.112. The zero-order valence-corrected chi connectivity index (χ0v) is 14.5. The van der Waals surface area contributed by atoms with E-state index in [1.807, 2.05) is 0 Å². The quantitative estimate of drug-likeness (QED) is 0.661. The number of aromatic nitrogens is 2. The number of hydrogen-bond donors (Lipinski definition) is 1. The average Bonchev–Trinajstić information content (AvgIpc) is 2.62. The maximum absolute atomic E-state index is 10.7. The number of carbonyl (C=O) groups is 1. The van der Waals surface area contributed by atoms with Crippen molar-refractivity contribution in [2.45, 2.75) is 37.4 Å². The van der Waals surface area contributed by atoms with Crippen LogP contribution in [0.25, 0.3) is 0 Å². The summed E-state index contributed by atoms with van der Waals surface area (Å²) >= 11 is 4.57. The molecule has 23 heavy (non-hydrogen) atoms. The van der Waals surface area contributed by atoms with Crippen LogP contribution in [0.5, 0.6) is 0 Å². The summed E-state index contributed by atoms with van der Waals surface area (Å²) in [5.41, 5.74) is 0.536. The summed E-state index contributed by atoms with van der Waals surface area (Å²) in [6.07, 6.45) is 10.2. The SMILES string of the molecule is O=Cc1cnc(N2CCC(CCN3CCC(S)CC3)CC2)nc1. The molecule has 6 heteroatoms. The Morgan fingerprint density at radius 2 is 1.74 bits per heavy atom. The smallest absolute Gasteiger partial charge is 0.225 e. The predicted molar refractivity (Wildman–Crippen MR) is 95.4 cm³/mol. The number of carbonyl (C=O) groups excluding carboxylic acids is 1. The molecule has 2 aliphatic heterocycles. The van der Waals surface area contributed by atoms with E-state index in [1.54, 1.807) is 12.4 Å². The summed E-state index contributed by atoms with van der Waals surface area (Å²) in [6, 6.07) is 0. The third-order valence-corrected chi connectivity index (χ3v) is 5.62. The Labute approximate surface area is 143 Å². The first-order valence-corrected chi connectivity index (χ1v) is 9.19. The average molecular weight is 334 g/mol. The molecular weight excluding hydrogens is 308 g/mol. The lowest BCUT2D eigenvalue weighted by Crippen LogP contribution is -2.38. The fourth-order valence-electron chi connectivity index (χ4n) is 3.49. The molecule has 2 fully saturated rings. The van der Waals surface area contributed by atoms with E-state index in [0.717, 1.165) is 31.2 Å². The van der Waals surface area contributed by atoms with E-state index in [4.69, 9.17) is 0 Å². The molecule has 3 heterocycles. The summed E-state index contributed by atoms with van der Waals surface area (Å²) in [5, 5.41) is 0.611. The first-order chi connectivity index (χ1) is 11.2. The van der Waals surface area contributed by atoms with Gasteiger partial charge in [-0.3, -0.25) is 4.79 Å². The highest BCUT2D eigenvalue weighted by Crippen LogP contribution is 2.24. The Morgan fingerprint density at radius 1 is 1.09 bits per heavy atom. The maximum atomic E-state index is 10.7. The zero-order chi connectivity index (χ0) is 16.1. The Bertz CT molecular complexity index is 494. The molecule has 0 N–H and O–H groups in total. The molecule has 5 nitrogen and oxygen atoms in total. The second-order valence-electron chi connectivity index (χ2n) is 6.73. The van der Waals surface area contributed by atoms with Crippen LogP contribution in [0.15, 0.2) is 12.4 Å². The molecule has 2 aliphatic rings. The van der Waals surface area contributed by atoms with Crippen molar-refractivity contribution in [3.05, 3.63) is 18.0 Å². The fraction of sp³-hybridized carbons (Fsp3) is 0.706. The van der Waals surface area contributed by atoms with E-state index in [1.165, 1.54) is 51.7 Å². The largest absolute Gasteiger partial charge is 0.341 e.